The molecule has 0 bridgehead atoms. The van der Waals surface area contributed by atoms with Crippen molar-refractivity contribution in [3.63, 3.8) is 0 Å². The second-order valence-corrected chi connectivity index (χ2v) is 5.67. The average Bonchev–Trinajstić information content (AvgIpc) is 2.37. The van der Waals surface area contributed by atoms with Crippen molar-refractivity contribution in [1.29, 1.82) is 0 Å². The first-order valence-electron chi connectivity index (χ1n) is 6.30. The molecule has 0 fully saturated rings. The van der Waals surface area contributed by atoms with Crippen LogP contribution in [0.4, 0.5) is 0 Å². The number of carbonyl (C=O) groups is 1. The van der Waals surface area contributed by atoms with E-state index >= 15 is 0 Å². The van der Waals surface area contributed by atoms with Gasteiger partial charge in [-0.1, -0.05) is 30.3 Å². The quantitative estimate of drug-likeness (QED) is 0.829. The summed E-state index contributed by atoms with van der Waals surface area (Å²) >= 11 is 0. The van der Waals surface area contributed by atoms with Crippen LogP contribution in [0.25, 0.3) is 0 Å². The average molecular weight is 278 g/mol. The fourth-order valence-electron chi connectivity index (χ4n) is 1.75. The van der Waals surface area contributed by atoms with E-state index in [1.807, 2.05) is 6.07 Å². The van der Waals surface area contributed by atoms with Crippen molar-refractivity contribution >= 4 is 12.4 Å². The summed E-state index contributed by atoms with van der Waals surface area (Å²) in [6.07, 6.45) is 0. The zero-order valence-electron chi connectivity index (χ0n) is 12.2. The third-order valence-corrected chi connectivity index (χ3v) is 2.85. The molecule has 109 valence electrons. The van der Waals surface area contributed by atoms with Gasteiger partial charge in [-0.2, -0.15) is 0 Å². The molecule has 5 nitrogen and oxygen atoms in total. The van der Waals surface area contributed by atoms with Crippen LogP contribution in [-0.2, 0) is 24.7 Å². The number of esters is 1. The SMILES string of the molecule is CC(C)(C)OC(=O)C(N)C(C)(O[C]=O)c1ccccc1. The molecule has 0 aliphatic rings. The maximum atomic E-state index is 12.1. The molecular weight excluding hydrogens is 258 g/mol. The van der Waals surface area contributed by atoms with Crippen molar-refractivity contribution < 1.29 is 19.1 Å². The van der Waals surface area contributed by atoms with Crippen LogP contribution in [0.15, 0.2) is 30.3 Å². The highest BCUT2D eigenvalue weighted by Crippen LogP contribution is 2.29. The molecule has 1 aromatic carbocycles. The number of rotatable bonds is 5. The van der Waals surface area contributed by atoms with Gasteiger partial charge in [-0.15, -0.1) is 0 Å². The first kappa shape index (κ1) is 16.2. The smallest absolute Gasteiger partial charge is 0.418 e. The molecule has 0 aliphatic carbocycles. The summed E-state index contributed by atoms with van der Waals surface area (Å²) in [7, 11) is 0. The molecule has 1 aromatic rings. The molecule has 1 rings (SSSR count). The van der Waals surface area contributed by atoms with Gasteiger partial charge in [0.1, 0.15) is 11.6 Å². The molecule has 0 saturated heterocycles. The molecule has 0 aliphatic heterocycles. The van der Waals surface area contributed by atoms with E-state index in [9.17, 15) is 9.59 Å². The Morgan fingerprint density at radius 3 is 2.20 bits per heavy atom. The summed E-state index contributed by atoms with van der Waals surface area (Å²) in [5.41, 5.74) is 4.54. The van der Waals surface area contributed by atoms with Gasteiger partial charge >= 0.3 is 12.4 Å². The van der Waals surface area contributed by atoms with E-state index in [2.05, 4.69) is 0 Å². The molecule has 0 heterocycles. The van der Waals surface area contributed by atoms with Crippen LogP contribution < -0.4 is 5.73 Å². The van der Waals surface area contributed by atoms with Crippen LogP contribution in [0.2, 0.25) is 0 Å². The molecule has 20 heavy (non-hydrogen) atoms. The van der Waals surface area contributed by atoms with Crippen molar-refractivity contribution in [3.8, 4) is 0 Å². The molecule has 1 radical (unpaired) electrons. The Balaban J connectivity index is 3.07. The molecule has 0 aromatic heterocycles. The molecule has 0 saturated carbocycles. The minimum Gasteiger partial charge on any atom is -0.459 e. The van der Waals surface area contributed by atoms with Gasteiger partial charge in [0.2, 0.25) is 0 Å². The number of carbonyl (C=O) groups excluding carboxylic acids is 2. The van der Waals surface area contributed by atoms with Crippen molar-refractivity contribution in [2.75, 3.05) is 0 Å². The number of hydrogen-bond donors (Lipinski definition) is 1. The normalized spacial score (nSPS) is 15.8. The van der Waals surface area contributed by atoms with Gasteiger partial charge in [0, 0.05) is 0 Å². The van der Waals surface area contributed by atoms with E-state index in [0.717, 1.165) is 0 Å². The lowest BCUT2D eigenvalue weighted by molar-refractivity contribution is -0.162. The lowest BCUT2D eigenvalue weighted by atomic mass is 9.88. The van der Waals surface area contributed by atoms with Crippen LogP contribution in [0, 0.1) is 0 Å². The molecule has 2 atom stereocenters. The summed E-state index contributed by atoms with van der Waals surface area (Å²) in [4.78, 5) is 22.7. The summed E-state index contributed by atoms with van der Waals surface area (Å²) in [6.45, 7) is 8.15. The van der Waals surface area contributed by atoms with Crippen molar-refractivity contribution in [1.82, 2.24) is 0 Å². The Labute approximate surface area is 119 Å². The van der Waals surface area contributed by atoms with Crippen LogP contribution in [0.1, 0.15) is 33.3 Å². The Bertz CT molecular complexity index is 467. The first-order valence-corrected chi connectivity index (χ1v) is 6.30. The van der Waals surface area contributed by atoms with Gasteiger partial charge in [-0.3, -0.25) is 4.79 Å². The van der Waals surface area contributed by atoms with Crippen molar-refractivity contribution in [3.05, 3.63) is 35.9 Å². The van der Waals surface area contributed by atoms with E-state index in [0.29, 0.717) is 5.56 Å². The molecule has 0 amide bonds. The Hall–Kier alpha value is -1.88. The number of nitrogens with two attached hydrogens (primary N) is 1. The number of ether oxygens (including phenoxy) is 2. The van der Waals surface area contributed by atoms with E-state index in [-0.39, 0.29) is 0 Å². The van der Waals surface area contributed by atoms with Crippen LogP contribution >= 0.6 is 0 Å². The monoisotopic (exact) mass is 278 g/mol. The predicted octanol–water partition coefficient (Wildman–Crippen LogP) is 1.65. The van der Waals surface area contributed by atoms with Crippen LogP contribution in [0.3, 0.4) is 0 Å². The Kier molecular flexibility index (Phi) is 4.89. The van der Waals surface area contributed by atoms with Gasteiger partial charge in [0.25, 0.3) is 0 Å². The molecule has 0 spiro atoms. The molecule has 2 N–H and O–H groups in total. The third-order valence-electron chi connectivity index (χ3n) is 2.85. The summed E-state index contributed by atoms with van der Waals surface area (Å²) in [6, 6.07) is 7.65. The highest BCUT2D eigenvalue weighted by Gasteiger charge is 2.42. The van der Waals surface area contributed by atoms with Crippen molar-refractivity contribution in [2.24, 2.45) is 5.73 Å². The predicted molar refractivity (Wildman–Crippen MR) is 74.4 cm³/mol. The van der Waals surface area contributed by atoms with Crippen LogP contribution in [-0.4, -0.2) is 24.1 Å². The van der Waals surface area contributed by atoms with E-state index < -0.39 is 23.2 Å². The fraction of sp³-hybridized carbons (Fsp3) is 0.467. The zero-order valence-corrected chi connectivity index (χ0v) is 12.2. The highest BCUT2D eigenvalue weighted by molar-refractivity contribution is 5.78. The molecule has 5 heteroatoms. The lowest BCUT2D eigenvalue weighted by Gasteiger charge is -2.33. The standard InChI is InChI=1S/C15H20NO4/c1-14(2,3)20-13(18)12(16)15(4,19-10-17)11-8-6-5-7-9-11/h5-9,12H,16H2,1-4H3. The minimum absolute atomic E-state index is 0.599. The molecular formula is C15H20NO4. The van der Waals surface area contributed by atoms with E-state index in [1.54, 1.807) is 52.0 Å². The highest BCUT2D eigenvalue weighted by atomic mass is 16.6. The largest absolute Gasteiger partial charge is 0.459 e. The van der Waals surface area contributed by atoms with Crippen molar-refractivity contribution in [2.45, 2.75) is 44.9 Å². The second-order valence-electron chi connectivity index (χ2n) is 5.67. The van der Waals surface area contributed by atoms with E-state index in [1.165, 1.54) is 6.47 Å². The lowest BCUT2D eigenvalue weighted by Crippen LogP contribution is -2.52. The molecule has 2 unspecified atom stereocenters. The van der Waals surface area contributed by atoms with Gasteiger partial charge in [0.05, 0.1) is 0 Å². The van der Waals surface area contributed by atoms with Gasteiger partial charge in [-0.05, 0) is 33.3 Å². The van der Waals surface area contributed by atoms with Crippen LogP contribution in [0.5, 0.6) is 0 Å². The third kappa shape index (κ3) is 3.81. The maximum Gasteiger partial charge on any atom is 0.418 e. The maximum absolute atomic E-state index is 12.1. The summed E-state index contributed by atoms with van der Waals surface area (Å²) < 4.78 is 10.2. The number of benzene rings is 1. The van der Waals surface area contributed by atoms with Gasteiger partial charge in [-0.25, -0.2) is 4.79 Å². The Morgan fingerprint density at radius 2 is 1.75 bits per heavy atom. The van der Waals surface area contributed by atoms with E-state index in [4.69, 9.17) is 15.2 Å². The Morgan fingerprint density at radius 1 is 1.20 bits per heavy atom. The van der Waals surface area contributed by atoms with Gasteiger partial charge < -0.3 is 15.2 Å². The summed E-state index contributed by atoms with van der Waals surface area (Å²) in [5.74, 6) is -0.640. The number of hydrogen-bond acceptors (Lipinski definition) is 5. The second kappa shape index (κ2) is 6.05. The first-order chi connectivity index (χ1) is 9.20. The fourth-order valence-corrected chi connectivity index (χ4v) is 1.75. The van der Waals surface area contributed by atoms with Gasteiger partial charge in [0.15, 0.2) is 5.60 Å². The zero-order chi connectivity index (χ0) is 15.4. The minimum atomic E-state index is -1.33. The summed E-state index contributed by atoms with van der Waals surface area (Å²) in [5, 5.41) is 0. The topological polar surface area (TPSA) is 78.6 Å².